The quantitative estimate of drug-likeness (QED) is 0.0672. The Morgan fingerprint density at radius 1 is 0.190 bits per heavy atom. The Hall–Kier alpha value is -0.560. The van der Waals surface area contributed by atoms with Gasteiger partial charge in [0.05, 0.1) is 165 Å². The van der Waals surface area contributed by atoms with Crippen molar-refractivity contribution in [3.05, 3.63) is 0 Å². The predicted molar refractivity (Wildman–Crippen MR) is 229 cm³/mol. The number of unbranched alkanes of at least 4 members (excludes halogenated alkanes) is 15. The predicted octanol–water partition coefficient (Wildman–Crippen LogP) is 6.42. The Morgan fingerprint density at radius 2 is 0.345 bits per heavy atom. The molecule has 0 amide bonds. The standard InChI is InChI=1S/C44H91NO13/c1-2-3-4-5-6-7-8-9-10-11-12-13-14-15-16-17-19-46-21-23-48-25-27-50-29-31-52-33-35-54-37-39-56-41-43-58-44-42-57-40-38-55-36-34-53-32-30-51-28-26-49-24-22-47-20-18-45/h2-45H2,1H3. The van der Waals surface area contributed by atoms with Crippen molar-refractivity contribution in [2.75, 3.05) is 178 Å². The summed E-state index contributed by atoms with van der Waals surface area (Å²) in [6.45, 7) is 17.1. The highest BCUT2D eigenvalue weighted by Crippen LogP contribution is 2.13. The zero-order valence-corrected chi connectivity index (χ0v) is 37.3. The lowest BCUT2D eigenvalue weighted by atomic mass is 10.0. The summed E-state index contributed by atoms with van der Waals surface area (Å²) in [4.78, 5) is 0. The maximum absolute atomic E-state index is 5.70. The lowest BCUT2D eigenvalue weighted by Gasteiger charge is -2.09. The maximum Gasteiger partial charge on any atom is 0.0701 e. The fourth-order valence-electron chi connectivity index (χ4n) is 5.58. The molecular formula is C44H91NO13. The summed E-state index contributed by atoms with van der Waals surface area (Å²) in [7, 11) is 0. The van der Waals surface area contributed by atoms with Crippen LogP contribution in [0, 0.1) is 0 Å². The van der Waals surface area contributed by atoms with Crippen LogP contribution in [0.5, 0.6) is 0 Å². The van der Waals surface area contributed by atoms with Gasteiger partial charge in [-0.2, -0.15) is 0 Å². The van der Waals surface area contributed by atoms with Crippen molar-refractivity contribution in [3.63, 3.8) is 0 Å². The molecule has 0 unspecified atom stereocenters. The van der Waals surface area contributed by atoms with Crippen molar-refractivity contribution in [2.24, 2.45) is 5.73 Å². The Labute approximate surface area is 354 Å². The first-order chi connectivity index (χ1) is 28.9. The summed E-state index contributed by atoms with van der Waals surface area (Å²) in [5, 5.41) is 0. The normalized spacial score (nSPS) is 11.7. The topological polar surface area (TPSA) is 146 Å². The van der Waals surface area contributed by atoms with E-state index in [4.69, 9.17) is 67.3 Å². The van der Waals surface area contributed by atoms with Crippen molar-refractivity contribution in [2.45, 2.75) is 110 Å². The van der Waals surface area contributed by atoms with Crippen LogP contribution in [-0.4, -0.2) is 178 Å². The third-order valence-electron chi connectivity index (χ3n) is 8.87. The molecule has 2 N–H and O–H groups in total. The lowest BCUT2D eigenvalue weighted by Crippen LogP contribution is -2.16. The molecule has 0 rings (SSSR count). The monoisotopic (exact) mass is 842 g/mol. The van der Waals surface area contributed by atoms with Gasteiger partial charge in [-0.3, -0.25) is 0 Å². The molecule has 0 atom stereocenters. The third-order valence-corrected chi connectivity index (χ3v) is 8.87. The molecule has 0 aromatic rings. The van der Waals surface area contributed by atoms with E-state index in [1.807, 2.05) is 0 Å². The molecule has 14 heteroatoms. The number of hydrogen-bond donors (Lipinski definition) is 1. The smallest absolute Gasteiger partial charge is 0.0701 e. The highest BCUT2D eigenvalue weighted by Gasteiger charge is 1.99. The first kappa shape index (κ1) is 57.4. The second-order valence-corrected chi connectivity index (χ2v) is 14.1. The van der Waals surface area contributed by atoms with Gasteiger partial charge in [-0.1, -0.05) is 103 Å². The molecule has 0 aliphatic carbocycles. The van der Waals surface area contributed by atoms with Gasteiger partial charge in [0, 0.05) is 13.2 Å². The third kappa shape index (κ3) is 55.4. The molecule has 350 valence electrons. The molecule has 58 heavy (non-hydrogen) atoms. The van der Waals surface area contributed by atoms with Gasteiger partial charge in [-0.25, -0.2) is 0 Å². The molecule has 0 spiro atoms. The summed E-state index contributed by atoms with van der Waals surface area (Å²) in [5.41, 5.74) is 5.34. The van der Waals surface area contributed by atoms with E-state index >= 15 is 0 Å². The minimum absolute atomic E-state index is 0.513. The molecule has 0 aliphatic rings. The van der Waals surface area contributed by atoms with Crippen LogP contribution in [0.1, 0.15) is 110 Å². The van der Waals surface area contributed by atoms with E-state index in [0.717, 1.165) is 13.0 Å². The highest BCUT2D eigenvalue weighted by molar-refractivity contribution is 4.50. The SMILES string of the molecule is CCCCCCCCCCCCCCCCCCOCCOCCOCCOCCOCCOCCOCCOCCOCCOCCOCCOCCOCCN. The Balaban J connectivity index is 3.05. The molecule has 0 aromatic carbocycles. The molecule has 0 radical (unpaired) electrons. The van der Waals surface area contributed by atoms with Crippen LogP contribution in [0.2, 0.25) is 0 Å². The largest absolute Gasteiger partial charge is 0.379 e. The lowest BCUT2D eigenvalue weighted by molar-refractivity contribution is -0.0290. The Morgan fingerprint density at radius 3 is 0.534 bits per heavy atom. The summed E-state index contributed by atoms with van der Waals surface area (Å²) >= 11 is 0. The van der Waals surface area contributed by atoms with Gasteiger partial charge < -0.3 is 67.3 Å². The van der Waals surface area contributed by atoms with Gasteiger partial charge in [0.25, 0.3) is 0 Å². The van der Waals surface area contributed by atoms with Crippen molar-refractivity contribution < 1.29 is 61.6 Å². The van der Waals surface area contributed by atoms with Gasteiger partial charge in [-0.15, -0.1) is 0 Å². The first-order valence-electron chi connectivity index (χ1n) is 23.1. The molecule has 0 fully saturated rings. The van der Waals surface area contributed by atoms with Crippen LogP contribution >= 0.6 is 0 Å². The summed E-state index contributed by atoms with van der Waals surface area (Å²) in [5.74, 6) is 0. The summed E-state index contributed by atoms with van der Waals surface area (Å²) in [6.07, 6.45) is 22.2. The fraction of sp³-hybridized carbons (Fsp3) is 1.00. The van der Waals surface area contributed by atoms with E-state index in [-0.39, 0.29) is 0 Å². The molecule has 0 aliphatic heterocycles. The van der Waals surface area contributed by atoms with Crippen LogP contribution in [0.3, 0.4) is 0 Å². The van der Waals surface area contributed by atoms with Crippen molar-refractivity contribution in [3.8, 4) is 0 Å². The van der Waals surface area contributed by atoms with Crippen LogP contribution in [-0.2, 0) is 61.6 Å². The average Bonchev–Trinajstić information content (AvgIpc) is 3.23. The zero-order chi connectivity index (χ0) is 41.6. The molecule has 0 aromatic heterocycles. The molecule has 0 bridgehead atoms. The van der Waals surface area contributed by atoms with Crippen molar-refractivity contribution in [1.82, 2.24) is 0 Å². The zero-order valence-electron chi connectivity index (χ0n) is 37.3. The molecule has 14 nitrogen and oxygen atoms in total. The summed E-state index contributed by atoms with van der Waals surface area (Å²) < 4.78 is 71.4. The Bertz CT molecular complexity index is 646. The molecule has 0 heterocycles. The second kappa shape index (κ2) is 56.4. The first-order valence-corrected chi connectivity index (χ1v) is 23.1. The van der Waals surface area contributed by atoms with Crippen LogP contribution in [0.25, 0.3) is 0 Å². The van der Waals surface area contributed by atoms with E-state index in [1.165, 1.54) is 96.3 Å². The van der Waals surface area contributed by atoms with E-state index < -0.39 is 0 Å². The van der Waals surface area contributed by atoms with Crippen molar-refractivity contribution >= 4 is 0 Å². The van der Waals surface area contributed by atoms with Gasteiger partial charge in [0.1, 0.15) is 0 Å². The Kier molecular flexibility index (Phi) is 55.9. The average molecular weight is 842 g/mol. The number of hydrogen-bond acceptors (Lipinski definition) is 14. The molecule has 0 saturated carbocycles. The minimum atomic E-state index is 0.513. The number of ether oxygens (including phenoxy) is 13. The van der Waals surface area contributed by atoms with Gasteiger partial charge >= 0.3 is 0 Å². The van der Waals surface area contributed by atoms with Gasteiger partial charge in [0.2, 0.25) is 0 Å². The summed E-state index contributed by atoms with van der Waals surface area (Å²) in [6, 6.07) is 0. The minimum Gasteiger partial charge on any atom is -0.379 e. The van der Waals surface area contributed by atoms with Crippen LogP contribution < -0.4 is 5.73 Å². The van der Waals surface area contributed by atoms with Gasteiger partial charge in [0.15, 0.2) is 0 Å². The number of rotatable bonds is 55. The molecule has 0 saturated heterocycles. The highest BCUT2D eigenvalue weighted by atomic mass is 16.6. The maximum atomic E-state index is 5.70. The van der Waals surface area contributed by atoms with Crippen LogP contribution in [0.4, 0.5) is 0 Å². The molecular weight excluding hydrogens is 750 g/mol. The van der Waals surface area contributed by atoms with E-state index in [2.05, 4.69) is 6.92 Å². The second-order valence-electron chi connectivity index (χ2n) is 14.1. The number of nitrogens with two attached hydrogens (primary N) is 1. The van der Waals surface area contributed by atoms with Crippen molar-refractivity contribution in [1.29, 1.82) is 0 Å². The van der Waals surface area contributed by atoms with E-state index in [1.54, 1.807) is 0 Å². The van der Waals surface area contributed by atoms with Crippen LogP contribution in [0.15, 0.2) is 0 Å². The van der Waals surface area contributed by atoms with Gasteiger partial charge in [-0.05, 0) is 6.42 Å². The van der Waals surface area contributed by atoms with E-state index in [0.29, 0.717) is 172 Å². The fourth-order valence-corrected chi connectivity index (χ4v) is 5.58. The van der Waals surface area contributed by atoms with E-state index in [9.17, 15) is 0 Å².